The molecule has 2 atom stereocenters. The molecule has 42 heavy (non-hydrogen) atoms. The first-order chi connectivity index (χ1) is 19.4. The third-order valence-electron chi connectivity index (χ3n) is 5.94. The van der Waals surface area contributed by atoms with Crippen LogP contribution in [-0.4, -0.2) is 60.6 Å². The summed E-state index contributed by atoms with van der Waals surface area (Å²) in [7, 11) is 0. The first-order valence-electron chi connectivity index (χ1n) is 14.2. The molecule has 1 rings (SSSR count). The number of nitrogens with two attached hydrogens (primary N) is 1. The SMILES string of the molecule is CC(C)[C@H](NC(=O)CCOC(C)(C)C)C(=O)N[C@@H](CCCNC(N)=O)C(=O)Nc1ccc(COC(=O)C(C)(C)C)cc1. The van der Waals surface area contributed by atoms with Crippen molar-refractivity contribution in [1.29, 1.82) is 0 Å². The summed E-state index contributed by atoms with van der Waals surface area (Å²) in [6.07, 6.45) is 0.654. The zero-order valence-corrected chi connectivity index (χ0v) is 26.2. The summed E-state index contributed by atoms with van der Waals surface area (Å²) < 4.78 is 10.9. The van der Waals surface area contributed by atoms with E-state index in [1.807, 2.05) is 20.8 Å². The minimum atomic E-state index is -0.957. The van der Waals surface area contributed by atoms with Gasteiger partial charge < -0.3 is 36.5 Å². The Morgan fingerprint density at radius 3 is 2.05 bits per heavy atom. The lowest BCUT2D eigenvalue weighted by molar-refractivity contribution is -0.154. The average Bonchev–Trinajstić information content (AvgIpc) is 2.86. The number of hydrogen-bond acceptors (Lipinski definition) is 7. The number of nitrogens with one attached hydrogen (secondary N) is 4. The van der Waals surface area contributed by atoms with Crippen molar-refractivity contribution in [3.8, 4) is 0 Å². The fraction of sp³-hybridized carbons (Fsp3) is 0.633. The zero-order chi connectivity index (χ0) is 32.1. The third kappa shape index (κ3) is 14.8. The van der Waals surface area contributed by atoms with Crippen LogP contribution >= 0.6 is 0 Å². The molecule has 0 aromatic heterocycles. The molecule has 1 aromatic rings. The number of carbonyl (C=O) groups excluding carboxylic acids is 5. The predicted octanol–water partition coefficient (Wildman–Crippen LogP) is 2.99. The maximum absolute atomic E-state index is 13.2. The lowest BCUT2D eigenvalue weighted by Crippen LogP contribution is -2.54. The van der Waals surface area contributed by atoms with Gasteiger partial charge >= 0.3 is 12.0 Å². The van der Waals surface area contributed by atoms with E-state index in [2.05, 4.69) is 21.3 Å². The molecular weight excluding hydrogens is 542 g/mol. The highest BCUT2D eigenvalue weighted by atomic mass is 16.5. The van der Waals surface area contributed by atoms with E-state index in [0.29, 0.717) is 12.1 Å². The molecule has 5 amide bonds. The van der Waals surface area contributed by atoms with Crippen molar-refractivity contribution < 1.29 is 33.4 Å². The van der Waals surface area contributed by atoms with E-state index in [4.69, 9.17) is 15.2 Å². The van der Waals surface area contributed by atoms with Gasteiger partial charge in [0.25, 0.3) is 0 Å². The molecule has 0 heterocycles. The van der Waals surface area contributed by atoms with Crippen molar-refractivity contribution in [3.63, 3.8) is 0 Å². The van der Waals surface area contributed by atoms with Gasteiger partial charge in [-0.15, -0.1) is 0 Å². The van der Waals surface area contributed by atoms with Crippen molar-refractivity contribution in [3.05, 3.63) is 29.8 Å². The second kappa shape index (κ2) is 16.7. The average molecular weight is 592 g/mol. The number of carbonyl (C=O) groups is 5. The second-order valence-corrected chi connectivity index (χ2v) is 12.5. The summed E-state index contributed by atoms with van der Waals surface area (Å²) in [6, 6.07) is 4.27. The van der Waals surface area contributed by atoms with Crippen LogP contribution in [0, 0.1) is 11.3 Å². The molecule has 0 fully saturated rings. The fourth-order valence-electron chi connectivity index (χ4n) is 3.56. The van der Waals surface area contributed by atoms with Crippen LogP contribution < -0.4 is 27.0 Å². The number of urea groups is 1. The highest BCUT2D eigenvalue weighted by Crippen LogP contribution is 2.18. The summed E-state index contributed by atoms with van der Waals surface area (Å²) in [4.78, 5) is 62.0. The van der Waals surface area contributed by atoms with Crippen molar-refractivity contribution >= 4 is 35.4 Å². The summed E-state index contributed by atoms with van der Waals surface area (Å²) in [5.41, 5.74) is 5.35. The van der Waals surface area contributed by atoms with Crippen LogP contribution in [0.5, 0.6) is 0 Å². The van der Waals surface area contributed by atoms with Gasteiger partial charge in [0.05, 0.1) is 24.0 Å². The second-order valence-electron chi connectivity index (χ2n) is 12.5. The number of primary amides is 1. The van der Waals surface area contributed by atoms with Crippen molar-refractivity contribution in [2.45, 2.75) is 98.9 Å². The first-order valence-corrected chi connectivity index (χ1v) is 14.2. The summed E-state index contributed by atoms with van der Waals surface area (Å²) in [5.74, 6) is -1.89. The van der Waals surface area contributed by atoms with Gasteiger partial charge in [-0.25, -0.2) is 4.79 Å². The van der Waals surface area contributed by atoms with Crippen LogP contribution in [0.4, 0.5) is 10.5 Å². The van der Waals surface area contributed by atoms with Crippen LogP contribution in [0.2, 0.25) is 0 Å². The Morgan fingerprint density at radius 1 is 0.905 bits per heavy atom. The fourth-order valence-corrected chi connectivity index (χ4v) is 3.56. The van der Waals surface area contributed by atoms with Crippen LogP contribution in [0.15, 0.2) is 24.3 Å². The molecule has 0 bridgehead atoms. The third-order valence-corrected chi connectivity index (χ3v) is 5.94. The molecule has 0 radical (unpaired) electrons. The molecule has 0 saturated heterocycles. The van der Waals surface area contributed by atoms with Crippen molar-refractivity contribution in [1.82, 2.24) is 16.0 Å². The Hall–Kier alpha value is -3.67. The minimum absolute atomic E-state index is 0.0852. The number of esters is 1. The summed E-state index contributed by atoms with van der Waals surface area (Å²) >= 11 is 0. The van der Waals surface area contributed by atoms with Gasteiger partial charge in [-0.2, -0.15) is 0 Å². The number of anilines is 1. The van der Waals surface area contributed by atoms with Crippen LogP contribution in [0.3, 0.4) is 0 Å². The molecule has 0 unspecified atom stereocenters. The molecule has 12 heteroatoms. The minimum Gasteiger partial charge on any atom is -0.460 e. The number of rotatable bonds is 15. The summed E-state index contributed by atoms with van der Waals surface area (Å²) in [5, 5.41) is 10.7. The molecule has 0 aliphatic carbocycles. The predicted molar refractivity (Wildman–Crippen MR) is 160 cm³/mol. The van der Waals surface area contributed by atoms with Crippen molar-refractivity contribution in [2.75, 3.05) is 18.5 Å². The van der Waals surface area contributed by atoms with E-state index in [1.54, 1.807) is 58.9 Å². The Kier molecular flexibility index (Phi) is 14.4. The number of amides is 5. The van der Waals surface area contributed by atoms with E-state index in [0.717, 1.165) is 5.56 Å². The van der Waals surface area contributed by atoms with E-state index in [-0.39, 0.29) is 50.4 Å². The first kappa shape index (κ1) is 36.4. The number of benzene rings is 1. The quantitative estimate of drug-likeness (QED) is 0.154. The van der Waals surface area contributed by atoms with Gasteiger partial charge in [-0.3, -0.25) is 19.2 Å². The van der Waals surface area contributed by atoms with Gasteiger partial charge in [0.1, 0.15) is 18.7 Å². The molecule has 0 saturated carbocycles. The molecule has 6 N–H and O–H groups in total. The lowest BCUT2D eigenvalue weighted by Gasteiger charge is -2.26. The smallest absolute Gasteiger partial charge is 0.312 e. The molecule has 0 spiro atoms. The molecule has 236 valence electrons. The lowest BCUT2D eigenvalue weighted by atomic mass is 9.97. The highest BCUT2D eigenvalue weighted by molar-refractivity contribution is 5.98. The normalized spacial score (nSPS) is 13.1. The molecular formula is C30H49N5O7. The summed E-state index contributed by atoms with van der Waals surface area (Å²) in [6.45, 7) is 15.1. The Bertz CT molecular complexity index is 1060. The van der Waals surface area contributed by atoms with Crippen molar-refractivity contribution in [2.24, 2.45) is 17.1 Å². The number of ether oxygens (including phenoxy) is 2. The Labute approximate surface area is 249 Å². The molecule has 0 aliphatic rings. The Balaban J connectivity index is 2.90. The van der Waals surface area contributed by atoms with Crippen LogP contribution in [0.1, 0.15) is 80.2 Å². The maximum Gasteiger partial charge on any atom is 0.312 e. The molecule has 12 nitrogen and oxygen atoms in total. The van der Waals surface area contributed by atoms with Gasteiger partial charge in [-0.05, 0) is 78.0 Å². The largest absolute Gasteiger partial charge is 0.460 e. The molecule has 1 aromatic carbocycles. The number of hydrogen-bond donors (Lipinski definition) is 5. The maximum atomic E-state index is 13.2. The van der Waals surface area contributed by atoms with Gasteiger partial charge in [0.2, 0.25) is 17.7 Å². The van der Waals surface area contributed by atoms with E-state index in [9.17, 15) is 24.0 Å². The van der Waals surface area contributed by atoms with E-state index >= 15 is 0 Å². The zero-order valence-electron chi connectivity index (χ0n) is 26.2. The highest BCUT2D eigenvalue weighted by Gasteiger charge is 2.29. The van der Waals surface area contributed by atoms with Gasteiger partial charge in [0.15, 0.2) is 0 Å². The van der Waals surface area contributed by atoms with Crippen LogP contribution in [-0.2, 0) is 35.3 Å². The standard InChI is InChI=1S/C30H49N5O7/c1-19(2)24(35-23(36)15-17-42-30(6,7)8)26(38)34-22(10-9-16-32-28(31)40)25(37)33-21-13-11-20(12-14-21)18-41-27(39)29(3,4)5/h11-14,19,22,24H,9-10,15-18H2,1-8H3,(H,33,37)(H,34,38)(H,35,36)(H3,31,32,40)/t22-,24-/m0/s1. The van der Waals surface area contributed by atoms with E-state index < -0.39 is 40.9 Å². The van der Waals surface area contributed by atoms with Crippen LogP contribution in [0.25, 0.3) is 0 Å². The van der Waals surface area contributed by atoms with E-state index in [1.165, 1.54) is 0 Å². The molecule has 0 aliphatic heterocycles. The van der Waals surface area contributed by atoms with Gasteiger partial charge in [0, 0.05) is 12.2 Å². The topological polar surface area (TPSA) is 178 Å². The monoisotopic (exact) mass is 591 g/mol. The van der Waals surface area contributed by atoms with Gasteiger partial charge in [-0.1, -0.05) is 26.0 Å². The Morgan fingerprint density at radius 2 is 1.52 bits per heavy atom.